The molecule has 1 aliphatic rings. The first-order chi connectivity index (χ1) is 22.2. The molecule has 2 atom stereocenters. The molecule has 0 spiro atoms. The molecular weight excluding hydrogens is 776 g/mol. The maximum atomic E-state index is 14.7. The zero-order chi connectivity index (χ0) is 34.2. The summed E-state index contributed by atoms with van der Waals surface area (Å²) in [6, 6.07) is 2.38. The normalized spacial score (nSPS) is 15.8. The molecule has 2 N–H and O–H groups in total. The van der Waals surface area contributed by atoms with Gasteiger partial charge in [0.2, 0.25) is 5.13 Å². The first-order valence-electron chi connectivity index (χ1n) is 13.9. The molecule has 3 heterocycles. The molecule has 256 valence electrons. The van der Waals surface area contributed by atoms with Crippen LogP contribution in [-0.2, 0) is 24.1 Å². The zero-order valence-corrected chi connectivity index (χ0v) is 27.5. The number of ether oxygens (including phenoxy) is 2. The summed E-state index contributed by atoms with van der Waals surface area (Å²) in [4.78, 5) is 14.1. The molecule has 0 fully saturated rings. The highest BCUT2D eigenvalue weighted by Gasteiger charge is 2.32. The molecule has 0 aliphatic carbocycles. The minimum atomic E-state index is -4.89. The lowest BCUT2D eigenvalue weighted by molar-refractivity contribution is -0.274. The van der Waals surface area contributed by atoms with Crippen molar-refractivity contribution >= 4 is 45.0 Å². The number of nitrogens with zero attached hydrogens (tertiary/aromatic N) is 6. The third kappa shape index (κ3) is 11.6. The number of hydrogen-bond donors (Lipinski definition) is 2. The summed E-state index contributed by atoms with van der Waals surface area (Å²) in [6.07, 6.45) is -0.373. The summed E-state index contributed by atoms with van der Waals surface area (Å²) in [5.41, 5.74) is -0.175. The van der Waals surface area contributed by atoms with E-state index in [-0.39, 0.29) is 68.6 Å². The average molecular weight is 805 g/mol. The van der Waals surface area contributed by atoms with Crippen molar-refractivity contribution in [2.45, 2.75) is 48.3 Å². The zero-order valence-electron chi connectivity index (χ0n) is 24.5. The number of likely N-dealkylation sites (N-methyl/N-ethyl adjacent to an activating group) is 1. The summed E-state index contributed by atoms with van der Waals surface area (Å²) in [5, 5.41) is 22.0. The monoisotopic (exact) mass is 804 g/mol. The van der Waals surface area contributed by atoms with Gasteiger partial charge in [-0.2, -0.15) is 8.78 Å². The van der Waals surface area contributed by atoms with E-state index in [0.717, 1.165) is 40.8 Å². The maximum Gasteiger partial charge on any atom is 0.573 e. The van der Waals surface area contributed by atoms with Gasteiger partial charge in [0.05, 0.1) is 25.4 Å². The summed E-state index contributed by atoms with van der Waals surface area (Å²) in [6.45, 7) is -0.0661. The molecule has 0 radical (unpaired) electrons. The maximum absolute atomic E-state index is 14.7. The number of anilines is 1. The van der Waals surface area contributed by atoms with Crippen molar-refractivity contribution in [2.24, 2.45) is 0 Å². The number of amides is 1. The number of aryl methyl sites for hydroxylation is 1. The van der Waals surface area contributed by atoms with Gasteiger partial charge in [-0.25, -0.2) is 13.5 Å². The number of nitrogens with one attached hydrogen (secondary N) is 2. The molecule has 0 saturated heterocycles. The molecule has 11 nitrogen and oxygen atoms in total. The van der Waals surface area contributed by atoms with Crippen LogP contribution in [0.1, 0.15) is 27.5 Å². The van der Waals surface area contributed by atoms with Crippen molar-refractivity contribution in [3.8, 4) is 5.75 Å². The molecule has 1 amide bonds. The van der Waals surface area contributed by atoms with E-state index in [4.69, 9.17) is 4.74 Å². The number of carbonyl (C=O) groups excluding carboxylic acids is 1. The molecule has 3 aromatic rings. The Bertz CT molecular complexity index is 1560. The third-order valence-corrected chi connectivity index (χ3v) is 8.11. The van der Waals surface area contributed by atoms with Gasteiger partial charge < -0.3 is 25.0 Å². The van der Waals surface area contributed by atoms with Crippen molar-refractivity contribution < 1.29 is 45.0 Å². The summed E-state index contributed by atoms with van der Waals surface area (Å²) in [7, 11) is 1.62. The Morgan fingerprint density at radius 2 is 1.96 bits per heavy atom. The van der Waals surface area contributed by atoms with Crippen LogP contribution in [-0.4, -0.2) is 85.4 Å². The van der Waals surface area contributed by atoms with Gasteiger partial charge in [-0.05, 0) is 36.6 Å². The second kappa shape index (κ2) is 16.0. The molecule has 1 aromatic carbocycles. The van der Waals surface area contributed by atoms with Gasteiger partial charge in [-0.3, -0.25) is 4.79 Å². The smallest absolute Gasteiger partial charge is 0.406 e. The summed E-state index contributed by atoms with van der Waals surface area (Å²) >= 11 is 2.22. The number of hydrogen-bond acceptors (Lipinski definition) is 10. The highest BCUT2D eigenvalue weighted by molar-refractivity contribution is 14.1. The number of halogens is 8. The van der Waals surface area contributed by atoms with Gasteiger partial charge in [0.1, 0.15) is 29.5 Å². The van der Waals surface area contributed by atoms with Crippen molar-refractivity contribution in [2.75, 3.05) is 32.2 Å². The fraction of sp³-hybridized carbons (Fsp3) is 0.444. The van der Waals surface area contributed by atoms with Crippen LogP contribution in [0, 0.1) is 5.82 Å². The standard InChI is InChI=1S/C27H28F7IN8O3S/c1-42-12-17(26(30,31)35)2-4-19(42)11-36-24(44)22-14-43(41-38-22)13-18(28)3-7-23-39-40-25(47-23)37-15-45-9-8-16-10-20(5-6-21(16)29)46-27(32,33)34/h2,4-6,10,12,14,18-19H,3,7-9,11,13,15H2,1H3,(H,36,44)(H,37,40). The molecule has 1 aliphatic heterocycles. The van der Waals surface area contributed by atoms with E-state index < -0.39 is 33.9 Å². The van der Waals surface area contributed by atoms with Gasteiger partial charge in [-0.15, -0.1) is 28.5 Å². The molecule has 20 heteroatoms. The predicted octanol–water partition coefficient (Wildman–Crippen LogP) is 5.28. The van der Waals surface area contributed by atoms with Crippen molar-refractivity contribution in [3.63, 3.8) is 0 Å². The van der Waals surface area contributed by atoms with Crippen molar-refractivity contribution in [1.29, 1.82) is 0 Å². The lowest BCUT2D eigenvalue weighted by Gasteiger charge is -2.29. The Balaban J connectivity index is 1.13. The quantitative estimate of drug-likeness (QED) is 0.0656. The summed E-state index contributed by atoms with van der Waals surface area (Å²) < 4.78 is 100. The van der Waals surface area contributed by atoms with E-state index >= 15 is 0 Å². The summed E-state index contributed by atoms with van der Waals surface area (Å²) in [5.74, 6) is -1.76. The molecule has 47 heavy (non-hydrogen) atoms. The second-order valence-electron chi connectivity index (χ2n) is 10.1. The van der Waals surface area contributed by atoms with E-state index in [0.29, 0.717) is 10.1 Å². The Morgan fingerprint density at radius 3 is 2.68 bits per heavy atom. The first kappa shape index (κ1) is 36.3. The molecule has 4 rings (SSSR count). The average Bonchev–Trinajstić information content (AvgIpc) is 3.65. The topological polar surface area (TPSA) is 119 Å². The van der Waals surface area contributed by atoms with Crippen LogP contribution in [0.2, 0.25) is 0 Å². The van der Waals surface area contributed by atoms with Gasteiger partial charge in [0.25, 0.3) is 5.91 Å². The molecular formula is C27H28F7IN8O3S. The fourth-order valence-corrected chi connectivity index (χ4v) is 5.23. The van der Waals surface area contributed by atoms with Gasteiger partial charge in [0, 0.05) is 54.4 Å². The lowest BCUT2D eigenvalue weighted by Crippen LogP contribution is -2.40. The lowest BCUT2D eigenvalue weighted by atomic mass is 10.1. The highest BCUT2D eigenvalue weighted by Crippen LogP contribution is 2.34. The van der Waals surface area contributed by atoms with Crippen LogP contribution in [0.3, 0.4) is 0 Å². The van der Waals surface area contributed by atoms with E-state index in [1.807, 2.05) is 0 Å². The number of alkyl halides is 7. The van der Waals surface area contributed by atoms with Gasteiger partial charge >= 0.3 is 10.3 Å². The Morgan fingerprint density at radius 1 is 1.17 bits per heavy atom. The number of aromatic nitrogens is 5. The van der Waals surface area contributed by atoms with Crippen LogP contribution in [0.15, 0.2) is 48.3 Å². The number of benzene rings is 1. The van der Waals surface area contributed by atoms with Crippen LogP contribution in [0.4, 0.5) is 35.9 Å². The number of allylic oxidation sites excluding steroid dienone is 2. The van der Waals surface area contributed by atoms with E-state index in [9.17, 15) is 35.5 Å². The highest BCUT2D eigenvalue weighted by atomic mass is 127. The molecule has 2 aromatic heterocycles. The van der Waals surface area contributed by atoms with E-state index in [1.165, 1.54) is 34.5 Å². The molecule has 0 bridgehead atoms. The SMILES string of the molecule is CN1C=C(C(F)(F)I)C=CC1CNC(=O)c1cn(CC(F)CCc2nnc(NCOCCc3cc(OC(F)(F)F)ccc3F)s2)nn1. The first-order valence-corrected chi connectivity index (χ1v) is 15.8. The van der Waals surface area contributed by atoms with E-state index in [1.54, 1.807) is 18.0 Å². The minimum Gasteiger partial charge on any atom is -0.406 e. The van der Waals surface area contributed by atoms with Crippen molar-refractivity contribution in [3.05, 3.63) is 70.4 Å². The Hall–Kier alpha value is -3.53. The number of carbonyl (C=O) groups is 1. The largest absolute Gasteiger partial charge is 0.573 e. The number of rotatable bonds is 16. The second-order valence-corrected chi connectivity index (χ2v) is 12.5. The van der Waals surface area contributed by atoms with Crippen molar-refractivity contribution in [1.82, 2.24) is 35.4 Å². The Labute approximate surface area is 281 Å². The van der Waals surface area contributed by atoms with Crippen LogP contribution >= 0.6 is 33.9 Å². The Kier molecular flexibility index (Phi) is 12.4. The molecule has 2 unspecified atom stereocenters. The third-order valence-electron chi connectivity index (χ3n) is 6.55. The minimum absolute atomic E-state index is 0.00141. The van der Waals surface area contributed by atoms with Gasteiger partial charge in [0.15, 0.2) is 5.69 Å². The van der Waals surface area contributed by atoms with Crippen LogP contribution in [0.25, 0.3) is 0 Å². The molecule has 0 saturated carbocycles. The van der Waals surface area contributed by atoms with Gasteiger partial charge in [-0.1, -0.05) is 28.7 Å². The van der Waals surface area contributed by atoms with Crippen LogP contribution in [0.5, 0.6) is 5.75 Å². The van der Waals surface area contributed by atoms with Crippen LogP contribution < -0.4 is 15.4 Å². The predicted molar refractivity (Wildman–Crippen MR) is 164 cm³/mol. The van der Waals surface area contributed by atoms with E-state index in [2.05, 4.69) is 35.9 Å². The fourth-order valence-electron chi connectivity index (χ4n) is 4.18.